The maximum Gasteiger partial charge on any atom is -0.0106 e. The lowest BCUT2D eigenvalue weighted by atomic mass is 9.86. The molecule has 140 valence electrons. The minimum absolute atomic E-state index is 0.699. The van der Waals surface area contributed by atoms with Crippen LogP contribution in [-0.2, 0) is 0 Å². The van der Waals surface area contributed by atoms with Gasteiger partial charge in [0.25, 0.3) is 0 Å². The molecule has 4 rings (SSSR count). The van der Waals surface area contributed by atoms with Gasteiger partial charge < -0.3 is 0 Å². The Morgan fingerprint density at radius 3 is 2.00 bits per heavy atom. The van der Waals surface area contributed by atoms with Gasteiger partial charge in [-0.05, 0) is 86.9 Å². The van der Waals surface area contributed by atoms with Crippen molar-refractivity contribution < 1.29 is 0 Å². The molecule has 0 aromatic rings. The molecule has 0 N–H and O–H groups in total. The summed E-state index contributed by atoms with van der Waals surface area (Å²) in [5, 5.41) is 0. The van der Waals surface area contributed by atoms with Crippen LogP contribution in [0.3, 0.4) is 0 Å². The lowest BCUT2D eigenvalue weighted by Gasteiger charge is -2.18. The second kappa shape index (κ2) is 7.99. The maximum absolute atomic E-state index is 3.94. The Labute approximate surface area is 161 Å². The van der Waals surface area contributed by atoms with Crippen molar-refractivity contribution in [1.29, 1.82) is 0 Å². The molecule has 2 saturated carbocycles. The summed E-state index contributed by atoms with van der Waals surface area (Å²) in [5.41, 5.74) is 3.15. The van der Waals surface area contributed by atoms with Crippen molar-refractivity contribution in [2.45, 2.75) is 39.5 Å². The standard InChI is InChI=1S/2C13H18/c1-4-10-8-11(5-2)13-7-9(3)6-12(10)13;1-4-10-8-11(5-2)13-9(3)6-7-12(10)13/h2*4-6,10-13H,1-2,7-8H2,3H3. The molecule has 0 bridgehead atoms. The first kappa shape index (κ1) is 19.2. The molecule has 0 aromatic carbocycles. The van der Waals surface area contributed by atoms with Gasteiger partial charge in [0.05, 0.1) is 0 Å². The summed E-state index contributed by atoms with van der Waals surface area (Å²) in [6, 6.07) is 0. The highest BCUT2D eigenvalue weighted by molar-refractivity contribution is 5.22. The fraction of sp³-hybridized carbons (Fsp3) is 0.538. The third kappa shape index (κ3) is 3.36. The minimum atomic E-state index is 0.699. The molecule has 0 radical (unpaired) electrons. The third-order valence-corrected chi connectivity index (χ3v) is 7.58. The van der Waals surface area contributed by atoms with Crippen molar-refractivity contribution in [2.75, 3.05) is 0 Å². The quantitative estimate of drug-likeness (QED) is 0.473. The van der Waals surface area contributed by atoms with E-state index in [4.69, 9.17) is 0 Å². The molecule has 8 atom stereocenters. The van der Waals surface area contributed by atoms with E-state index in [-0.39, 0.29) is 0 Å². The van der Waals surface area contributed by atoms with Crippen LogP contribution in [0.15, 0.2) is 73.9 Å². The van der Waals surface area contributed by atoms with E-state index in [0.29, 0.717) is 11.8 Å². The van der Waals surface area contributed by atoms with Crippen LogP contribution in [0, 0.1) is 47.3 Å². The van der Waals surface area contributed by atoms with Crippen molar-refractivity contribution in [3.05, 3.63) is 73.9 Å². The zero-order valence-electron chi connectivity index (χ0n) is 16.7. The Hall–Kier alpha value is -1.56. The maximum atomic E-state index is 3.94. The van der Waals surface area contributed by atoms with Gasteiger partial charge in [0.15, 0.2) is 0 Å². The lowest BCUT2D eigenvalue weighted by molar-refractivity contribution is 0.402. The van der Waals surface area contributed by atoms with Crippen molar-refractivity contribution in [3.8, 4) is 0 Å². The highest BCUT2D eigenvalue weighted by Gasteiger charge is 2.43. The fourth-order valence-corrected chi connectivity index (χ4v) is 6.26. The summed E-state index contributed by atoms with van der Waals surface area (Å²) >= 11 is 0. The molecule has 0 heteroatoms. The average Bonchev–Trinajstić information content (AvgIpc) is 3.36. The Kier molecular flexibility index (Phi) is 5.90. The summed E-state index contributed by atoms with van der Waals surface area (Å²) in [4.78, 5) is 0. The molecule has 0 aliphatic heterocycles. The third-order valence-electron chi connectivity index (χ3n) is 7.58. The molecule has 0 saturated heterocycles. The van der Waals surface area contributed by atoms with Gasteiger partial charge in [0, 0.05) is 0 Å². The molecule has 0 heterocycles. The van der Waals surface area contributed by atoms with E-state index in [2.05, 4.69) is 76.6 Å². The Morgan fingerprint density at radius 1 is 0.808 bits per heavy atom. The SMILES string of the molecule is C=CC1CC(C=C)C2C(C)=CCC12.C=CC1CC(C=C)C2CC(C)=CC12. The summed E-state index contributed by atoms with van der Waals surface area (Å²) < 4.78 is 0. The summed E-state index contributed by atoms with van der Waals surface area (Å²) in [6.07, 6.45) is 18.5. The molecule has 0 aromatic heterocycles. The summed E-state index contributed by atoms with van der Waals surface area (Å²) in [7, 11) is 0. The van der Waals surface area contributed by atoms with Crippen LogP contribution in [0.4, 0.5) is 0 Å². The van der Waals surface area contributed by atoms with E-state index in [1.807, 2.05) is 0 Å². The van der Waals surface area contributed by atoms with Gasteiger partial charge in [-0.2, -0.15) is 0 Å². The van der Waals surface area contributed by atoms with E-state index in [1.165, 1.54) is 25.7 Å². The van der Waals surface area contributed by atoms with Gasteiger partial charge in [0.2, 0.25) is 0 Å². The molecule has 0 amide bonds. The van der Waals surface area contributed by atoms with Crippen LogP contribution in [0.5, 0.6) is 0 Å². The number of hydrogen-bond acceptors (Lipinski definition) is 0. The van der Waals surface area contributed by atoms with Crippen molar-refractivity contribution in [3.63, 3.8) is 0 Å². The number of hydrogen-bond donors (Lipinski definition) is 0. The second-order valence-electron chi connectivity index (χ2n) is 8.90. The van der Waals surface area contributed by atoms with Gasteiger partial charge in [0.1, 0.15) is 0 Å². The first-order chi connectivity index (χ1) is 12.5. The first-order valence-corrected chi connectivity index (χ1v) is 10.4. The molecule has 0 spiro atoms. The van der Waals surface area contributed by atoms with Gasteiger partial charge in [-0.1, -0.05) is 47.6 Å². The zero-order valence-corrected chi connectivity index (χ0v) is 16.7. The Morgan fingerprint density at radius 2 is 1.38 bits per heavy atom. The van der Waals surface area contributed by atoms with Crippen molar-refractivity contribution in [1.82, 2.24) is 0 Å². The van der Waals surface area contributed by atoms with Crippen LogP contribution in [0.25, 0.3) is 0 Å². The Balaban J connectivity index is 0.000000151. The van der Waals surface area contributed by atoms with E-state index < -0.39 is 0 Å². The fourth-order valence-electron chi connectivity index (χ4n) is 6.26. The lowest BCUT2D eigenvalue weighted by Crippen LogP contribution is -2.11. The van der Waals surface area contributed by atoms with Crippen LogP contribution >= 0.6 is 0 Å². The predicted octanol–water partition coefficient (Wildman–Crippen LogP) is 7.15. The summed E-state index contributed by atoms with van der Waals surface area (Å²) in [6.45, 7) is 20.3. The monoisotopic (exact) mass is 348 g/mol. The van der Waals surface area contributed by atoms with Gasteiger partial charge in [-0.15, -0.1) is 26.3 Å². The molecule has 26 heavy (non-hydrogen) atoms. The van der Waals surface area contributed by atoms with Gasteiger partial charge in [-0.25, -0.2) is 0 Å². The highest BCUT2D eigenvalue weighted by Crippen LogP contribution is 2.52. The highest BCUT2D eigenvalue weighted by atomic mass is 14.5. The van der Waals surface area contributed by atoms with E-state index in [9.17, 15) is 0 Å². The minimum Gasteiger partial charge on any atom is -0.103 e. The second-order valence-corrected chi connectivity index (χ2v) is 8.90. The van der Waals surface area contributed by atoms with Crippen molar-refractivity contribution >= 4 is 0 Å². The van der Waals surface area contributed by atoms with E-state index in [1.54, 1.807) is 11.1 Å². The average molecular weight is 349 g/mol. The van der Waals surface area contributed by atoms with Crippen LogP contribution in [0.2, 0.25) is 0 Å². The zero-order chi connectivity index (χ0) is 18.8. The van der Waals surface area contributed by atoms with Crippen LogP contribution in [-0.4, -0.2) is 0 Å². The molecular formula is C26H36. The summed E-state index contributed by atoms with van der Waals surface area (Å²) in [5.74, 6) is 6.06. The molecule has 4 aliphatic rings. The van der Waals surface area contributed by atoms with Gasteiger partial charge in [-0.3, -0.25) is 0 Å². The molecular weight excluding hydrogens is 312 g/mol. The van der Waals surface area contributed by atoms with E-state index >= 15 is 0 Å². The molecule has 4 aliphatic carbocycles. The first-order valence-electron chi connectivity index (χ1n) is 10.4. The van der Waals surface area contributed by atoms with Gasteiger partial charge >= 0.3 is 0 Å². The molecule has 8 unspecified atom stereocenters. The van der Waals surface area contributed by atoms with E-state index in [0.717, 1.165) is 35.5 Å². The molecule has 0 nitrogen and oxygen atoms in total. The largest absolute Gasteiger partial charge is 0.103 e. The number of fused-ring (bicyclic) bond motifs is 2. The number of rotatable bonds is 4. The van der Waals surface area contributed by atoms with Crippen molar-refractivity contribution in [2.24, 2.45) is 47.3 Å². The van der Waals surface area contributed by atoms with Crippen LogP contribution < -0.4 is 0 Å². The predicted molar refractivity (Wildman–Crippen MR) is 115 cm³/mol. The number of allylic oxidation sites excluding steroid dienone is 8. The Bertz CT molecular complexity index is 622. The normalized spacial score (nSPS) is 42.7. The molecule has 2 fully saturated rings. The smallest absolute Gasteiger partial charge is 0.0106 e. The topological polar surface area (TPSA) is 0 Å². The van der Waals surface area contributed by atoms with Crippen LogP contribution in [0.1, 0.15) is 39.5 Å².